The van der Waals surface area contributed by atoms with E-state index in [2.05, 4.69) is 26.0 Å². The Morgan fingerprint density at radius 2 is 1.72 bits per heavy atom. The van der Waals surface area contributed by atoms with Crippen LogP contribution in [0.15, 0.2) is 51.8 Å². The lowest BCUT2D eigenvalue weighted by Gasteiger charge is -2.13. The maximum Gasteiger partial charge on any atom is 0.262 e. The van der Waals surface area contributed by atoms with Crippen molar-refractivity contribution in [2.24, 2.45) is 11.8 Å². The highest BCUT2D eigenvalue weighted by Gasteiger charge is 2.39. The average Bonchev–Trinajstić information content (AvgIpc) is 3.28. The van der Waals surface area contributed by atoms with Crippen LogP contribution in [-0.4, -0.2) is 14.3 Å². The van der Waals surface area contributed by atoms with Gasteiger partial charge in [0.25, 0.3) is 10.0 Å². The van der Waals surface area contributed by atoms with Crippen LogP contribution in [-0.2, 0) is 14.8 Å². The summed E-state index contributed by atoms with van der Waals surface area (Å²) in [6, 6.07) is 11.8. The van der Waals surface area contributed by atoms with Gasteiger partial charge in [-0.15, -0.1) is 0 Å². The highest BCUT2D eigenvalue weighted by molar-refractivity contribution is 9.10. The van der Waals surface area contributed by atoms with E-state index in [4.69, 9.17) is 0 Å². The molecule has 132 valence electrons. The second kappa shape index (κ2) is 6.80. The highest BCUT2D eigenvalue weighted by atomic mass is 79.9. The van der Waals surface area contributed by atoms with Crippen LogP contribution in [0.4, 0.5) is 11.4 Å². The van der Waals surface area contributed by atoms with Crippen LogP contribution in [0.3, 0.4) is 0 Å². The van der Waals surface area contributed by atoms with Gasteiger partial charge >= 0.3 is 0 Å². The minimum absolute atomic E-state index is 0.0299. The largest absolute Gasteiger partial charge is 0.326 e. The van der Waals surface area contributed by atoms with Crippen LogP contribution >= 0.6 is 15.9 Å². The molecule has 1 aliphatic rings. The van der Waals surface area contributed by atoms with Crippen molar-refractivity contribution in [3.8, 4) is 0 Å². The molecule has 1 fully saturated rings. The molecular weight excluding hydrogens is 404 g/mol. The molecule has 25 heavy (non-hydrogen) atoms. The number of rotatable bonds is 5. The summed E-state index contributed by atoms with van der Waals surface area (Å²) in [5.74, 6) is 0.371. The SMILES string of the molecule is Cc1ccc(NC(=O)[C@@H]2C[C@@H]2C)cc1S(=O)(=O)Nc1ccc(Br)cc1. The van der Waals surface area contributed by atoms with Gasteiger partial charge in [0.2, 0.25) is 5.91 Å². The summed E-state index contributed by atoms with van der Waals surface area (Å²) in [7, 11) is -3.75. The Balaban J connectivity index is 1.83. The van der Waals surface area contributed by atoms with E-state index in [1.165, 1.54) is 6.07 Å². The van der Waals surface area contributed by atoms with Gasteiger partial charge in [-0.05, 0) is 61.2 Å². The van der Waals surface area contributed by atoms with E-state index in [-0.39, 0.29) is 16.7 Å². The standard InChI is InChI=1S/C18H19BrN2O3S/c1-11-3-6-15(20-18(22)16-9-12(16)2)10-17(11)25(23,24)21-14-7-4-13(19)5-8-14/h3-8,10,12,16,21H,9H2,1-2H3,(H,20,22)/t12-,16+/m0/s1. The van der Waals surface area contributed by atoms with E-state index in [1.54, 1.807) is 43.3 Å². The first-order valence-electron chi connectivity index (χ1n) is 7.96. The molecule has 2 aromatic rings. The van der Waals surface area contributed by atoms with Crippen molar-refractivity contribution >= 4 is 43.2 Å². The number of hydrogen-bond donors (Lipinski definition) is 2. The summed E-state index contributed by atoms with van der Waals surface area (Å²) >= 11 is 3.32. The third kappa shape index (κ3) is 4.22. The normalized spacial score (nSPS) is 19.3. The summed E-state index contributed by atoms with van der Waals surface area (Å²) in [5, 5.41) is 2.81. The molecule has 7 heteroatoms. The molecule has 0 heterocycles. The van der Waals surface area contributed by atoms with E-state index in [9.17, 15) is 13.2 Å². The number of sulfonamides is 1. The number of aryl methyl sites for hydroxylation is 1. The van der Waals surface area contributed by atoms with Crippen LogP contribution < -0.4 is 10.0 Å². The van der Waals surface area contributed by atoms with Gasteiger partial charge in [-0.1, -0.05) is 28.9 Å². The average molecular weight is 423 g/mol. The second-order valence-corrected chi connectivity index (χ2v) is 8.97. The van der Waals surface area contributed by atoms with Crippen LogP contribution in [0.25, 0.3) is 0 Å². The molecule has 1 saturated carbocycles. The molecule has 0 unspecified atom stereocenters. The predicted octanol–water partition coefficient (Wildman–Crippen LogP) is 4.15. The third-order valence-electron chi connectivity index (χ3n) is 4.29. The summed E-state index contributed by atoms with van der Waals surface area (Å²) in [6.07, 6.45) is 0.883. The Hall–Kier alpha value is -1.86. The number of anilines is 2. The lowest BCUT2D eigenvalue weighted by molar-refractivity contribution is -0.117. The number of nitrogens with one attached hydrogen (secondary N) is 2. The maximum atomic E-state index is 12.7. The first-order chi connectivity index (χ1) is 11.8. The van der Waals surface area contributed by atoms with Crippen molar-refractivity contribution in [2.45, 2.75) is 25.2 Å². The molecular formula is C18H19BrN2O3S. The van der Waals surface area contributed by atoms with Gasteiger partial charge in [0.05, 0.1) is 4.90 Å². The van der Waals surface area contributed by atoms with E-state index in [0.717, 1.165) is 10.9 Å². The van der Waals surface area contributed by atoms with E-state index >= 15 is 0 Å². The molecule has 0 aliphatic heterocycles. The number of carbonyl (C=O) groups excluding carboxylic acids is 1. The first kappa shape index (κ1) is 17.9. The number of carbonyl (C=O) groups is 1. The predicted molar refractivity (Wildman–Crippen MR) is 102 cm³/mol. The molecule has 0 spiro atoms. The maximum absolute atomic E-state index is 12.7. The van der Waals surface area contributed by atoms with E-state index < -0.39 is 10.0 Å². The lowest BCUT2D eigenvalue weighted by atomic mass is 10.2. The molecule has 1 aliphatic carbocycles. The molecule has 0 bridgehead atoms. The summed E-state index contributed by atoms with van der Waals surface area (Å²) < 4.78 is 28.8. The van der Waals surface area contributed by atoms with Gasteiger partial charge in [-0.25, -0.2) is 8.42 Å². The number of halogens is 1. The van der Waals surface area contributed by atoms with Gasteiger partial charge in [-0.2, -0.15) is 0 Å². The summed E-state index contributed by atoms with van der Waals surface area (Å²) in [6.45, 7) is 3.75. The van der Waals surface area contributed by atoms with E-state index in [0.29, 0.717) is 22.9 Å². The van der Waals surface area contributed by atoms with Crippen LogP contribution in [0, 0.1) is 18.8 Å². The molecule has 1 amide bonds. The molecule has 5 nitrogen and oxygen atoms in total. The van der Waals surface area contributed by atoms with Gasteiger partial charge < -0.3 is 5.32 Å². The minimum atomic E-state index is -3.75. The van der Waals surface area contributed by atoms with Crippen molar-refractivity contribution in [2.75, 3.05) is 10.0 Å². The number of hydrogen-bond acceptors (Lipinski definition) is 3. The molecule has 0 saturated heterocycles. The van der Waals surface area contributed by atoms with Gasteiger partial charge in [0.15, 0.2) is 0 Å². The molecule has 2 N–H and O–H groups in total. The van der Waals surface area contributed by atoms with Crippen LogP contribution in [0.1, 0.15) is 18.9 Å². The molecule has 2 atom stereocenters. The highest BCUT2D eigenvalue weighted by Crippen LogP contribution is 2.38. The van der Waals surface area contributed by atoms with Gasteiger partial charge in [0, 0.05) is 21.8 Å². The fourth-order valence-electron chi connectivity index (χ4n) is 2.62. The first-order valence-corrected chi connectivity index (χ1v) is 10.2. The fraction of sp³-hybridized carbons (Fsp3) is 0.278. The summed E-state index contributed by atoms with van der Waals surface area (Å²) in [5.41, 5.74) is 1.58. The third-order valence-corrected chi connectivity index (χ3v) is 6.34. The molecule has 0 aromatic heterocycles. The monoisotopic (exact) mass is 422 g/mol. The Bertz CT molecular complexity index is 910. The topological polar surface area (TPSA) is 75.3 Å². The molecule has 2 aromatic carbocycles. The van der Waals surface area contributed by atoms with Crippen LogP contribution in [0.2, 0.25) is 0 Å². The smallest absolute Gasteiger partial charge is 0.262 e. The van der Waals surface area contributed by atoms with Crippen molar-refractivity contribution < 1.29 is 13.2 Å². The lowest BCUT2D eigenvalue weighted by Crippen LogP contribution is -2.17. The zero-order valence-electron chi connectivity index (χ0n) is 13.9. The second-order valence-electron chi connectivity index (χ2n) is 6.40. The Kier molecular flexibility index (Phi) is 4.88. The van der Waals surface area contributed by atoms with Gasteiger partial charge in [0.1, 0.15) is 0 Å². The van der Waals surface area contributed by atoms with Crippen molar-refractivity contribution in [1.82, 2.24) is 0 Å². The Morgan fingerprint density at radius 3 is 2.32 bits per heavy atom. The Labute approximate surface area is 156 Å². The zero-order chi connectivity index (χ0) is 18.2. The van der Waals surface area contributed by atoms with Gasteiger partial charge in [-0.3, -0.25) is 9.52 Å². The quantitative estimate of drug-likeness (QED) is 0.759. The minimum Gasteiger partial charge on any atom is -0.326 e. The fourth-order valence-corrected chi connectivity index (χ4v) is 4.21. The summed E-state index contributed by atoms with van der Waals surface area (Å²) in [4.78, 5) is 12.2. The molecule has 0 radical (unpaired) electrons. The molecule has 3 rings (SSSR count). The van der Waals surface area contributed by atoms with Crippen molar-refractivity contribution in [1.29, 1.82) is 0 Å². The van der Waals surface area contributed by atoms with Crippen LogP contribution in [0.5, 0.6) is 0 Å². The number of benzene rings is 2. The van der Waals surface area contributed by atoms with Crippen molar-refractivity contribution in [3.05, 3.63) is 52.5 Å². The zero-order valence-corrected chi connectivity index (χ0v) is 16.3. The van der Waals surface area contributed by atoms with E-state index in [1.807, 2.05) is 6.92 Å². The van der Waals surface area contributed by atoms with Crippen molar-refractivity contribution in [3.63, 3.8) is 0 Å². The number of amides is 1. The Morgan fingerprint density at radius 1 is 1.12 bits per heavy atom.